The maximum absolute atomic E-state index is 3.59. The normalized spacial score (nSPS) is 22.9. The molecule has 2 fully saturated rings. The van der Waals surface area contributed by atoms with Gasteiger partial charge in [-0.05, 0) is 58.2 Å². The van der Waals surface area contributed by atoms with Crippen LogP contribution in [0.25, 0.3) is 0 Å². The van der Waals surface area contributed by atoms with E-state index in [0.29, 0.717) is 0 Å². The molecule has 0 spiro atoms. The first-order chi connectivity index (χ1) is 7.84. The lowest BCUT2D eigenvalue weighted by Crippen LogP contribution is -2.30. The van der Waals surface area contributed by atoms with Gasteiger partial charge in [0.2, 0.25) is 0 Å². The van der Waals surface area contributed by atoms with E-state index in [1.165, 1.54) is 71.0 Å². The maximum atomic E-state index is 3.59. The summed E-state index contributed by atoms with van der Waals surface area (Å²) in [4.78, 5) is 2.55. The number of rotatable bonds is 7. The van der Waals surface area contributed by atoms with Crippen LogP contribution < -0.4 is 5.32 Å². The fourth-order valence-electron chi connectivity index (χ4n) is 2.84. The lowest BCUT2D eigenvalue weighted by molar-refractivity contribution is 0.231. The summed E-state index contributed by atoms with van der Waals surface area (Å²) in [6, 6.07) is 0.878. The van der Waals surface area contributed by atoms with Crippen LogP contribution in [-0.4, -0.2) is 37.6 Å². The van der Waals surface area contributed by atoms with Gasteiger partial charge < -0.3 is 10.2 Å². The van der Waals surface area contributed by atoms with Gasteiger partial charge in [0.1, 0.15) is 0 Å². The van der Waals surface area contributed by atoms with Crippen LogP contribution in [0.1, 0.15) is 51.4 Å². The Hall–Kier alpha value is -0.0800. The van der Waals surface area contributed by atoms with Crippen molar-refractivity contribution < 1.29 is 0 Å². The van der Waals surface area contributed by atoms with Crippen LogP contribution in [-0.2, 0) is 0 Å². The van der Waals surface area contributed by atoms with Gasteiger partial charge in [0, 0.05) is 12.6 Å². The van der Waals surface area contributed by atoms with Crippen LogP contribution in [0.5, 0.6) is 0 Å². The molecular formula is C14H28N2. The minimum absolute atomic E-state index is 0.878. The molecule has 2 aliphatic carbocycles. The monoisotopic (exact) mass is 224 g/mol. The lowest BCUT2D eigenvalue weighted by atomic mass is 9.89. The molecule has 2 nitrogen and oxygen atoms in total. The van der Waals surface area contributed by atoms with Crippen molar-refractivity contribution in [1.82, 2.24) is 10.2 Å². The van der Waals surface area contributed by atoms with Crippen LogP contribution >= 0.6 is 0 Å². The predicted molar refractivity (Wildman–Crippen MR) is 69.7 cm³/mol. The SMILES string of the molecule is CN(CCCNC1CC1)CC1CCCCC1. The Morgan fingerprint density at radius 3 is 2.50 bits per heavy atom. The second kappa shape index (κ2) is 6.61. The van der Waals surface area contributed by atoms with Crippen LogP contribution in [0.2, 0.25) is 0 Å². The lowest BCUT2D eigenvalue weighted by Gasteiger charge is -2.27. The molecule has 0 aromatic carbocycles. The maximum Gasteiger partial charge on any atom is 0.00682 e. The van der Waals surface area contributed by atoms with Gasteiger partial charge in [0.05, 0.1) is 0 Å². The summed E-state index contributed by atoms with van der Waals surface area (Å²) in [6.07, 6.45) is 11.5. The Morgan fingerprint density at radius 2 is 1.81 bits per heavy atom. The predicted octanol–water partition coefficient (Wildman–Crippen LogP) is 2.64. The molecule has 0 aliphatic heterocycles. The molecule has 2 rings (SSSR count). The van der Waals surface area contributed by atoms with E-state index in [1.54, 1.807) is 0 Å². The second-order valence-electron chi connectivity index (χ2n) is 5.85. The van der Waals surface area contributed by atoms with Crippen molar-refractivity contribution >= 4 is 0 Å². The van der Waals surface area contributed by atoms with Crippen molar-refractivity contribution in [2.75, 3.05) is 26.7 Å². The van der Waals surface area contributed by atoms with E-state index >= 15 is 0 Å². The third-order valence-corrected chi connectivity index (χ3v) is 4.02. The Morgan fingerprint density at radius 1 is 1.06 bits per heavy atom. The topological polar surface area (TPSA) is 15.3 Å². The summed E-state index contributed by atoms with van der Waals surface area (Å²) >= 11 is 0. The van der Waals surface area contributed by atoms with E-state index in [4.69, 9.17) is 0 Å². The van der Waals surface area contributed by atoms with Gasteiger partial charge in [0.15, 0.2) is 0 Å². The number of nitrogens with zero attached hydrogens (tertiary/aromatic N) is 1. The highest BCUT2D eigenvalue weighted by Crippen LogP contribution is 2.24. The van der Waals surface area contributed by atoms with Gasteiger partial charge in [-0.25, -0.2) is 0 Å². The van der Waals surface area contributed by atoms with Crippen molar-refractivity contribution in [3.63, 3.8) is 0 Å². The zero-order valence-electron chi connectivity index (χ0n) is 10.9. The van der Waals surface area contributed by atoms with Crippen molar-refractivity contribution in [1.29, 1.82) is 0 Å². The summed E-state index contributed by atoms with van der Waals surface area (Å²) in [5.41, 5.74) is 0. The molecule has 0 atom stereocenters. The average molecular weight is 224 g/mol. The molecule has 1 N–H and O–H groups in total. The highest BCUT2D eigenvalue weighted by atomic mass is 15.1. The molecule has 16 heavy (non-hydrogen) atoms. The highest BCUT2D eigenvalue weighted by Gasteiger charge is 2.19. The molecule has 0 saturated heterocycles. The highest BCUT2D eigenvalue weighted by molar-refractivity contribution is 4.80. The fraction of sp³-hybridized carbons (Fsp3) is 1.00. The van der Waals surface area contributed by atoms with E-state index in [0.717, 1.165) is 12.0 Å². The van der Waals surface area contributed by atoms with Crippen LogP contribution in [0.3, 0.4) is 0 Å². The molecular weight excluding hydrogens is 196 g/mol. The first-order valence-electron chi connectivity index (χ1n) is 7.26. The quantitative estimate of drug-likeness (QED) is 0.669. The van der Waals surface area contributed by atoms with Crippen molar-refractivity contribution in [2.24, 2.45) is 5.92 Å². The van der Waals surface area contributed by atoms with E-state index < -0.39 is 0 Å². The van der Waals surface area contributed by atoms with Gasteiger partial charge in [-0.1, -0.05) is 19.3 Å². The molecule has 0 heterocycles. The van der Waals surface area contributed by atoms with Crippen molar-refractivity contribution in [2.45, 2.75) is 57.4 Å². The molecule has 2 heteroatoms. The second-order valence-corrected chi connectivity index (χ2v) is 5.85. The zero-order chi connectivity index (χ0) is 11.2. The van der Waals surface area contributed by atoms with E-state index in [-0.39, 0.29) is 0 Å². The van der Waals surface area contributed by atoms with E-state index in [1.807, 2.05) is 0 Å². The Kier molecular flexibility index (Phi) is 5.11. The molecule has 0 amide bonds. The summed E-state index contributed by atoms with van der Waals surface area (Å²) in [7, 11) is 2.30. The Balaban J connectivity index is 1.47. The van der Waals surface area contributed by atoms with Gasteiger partial charge in [-0.15, -0.1) is 0 Å². The number of hydrogen-bond acceptors (Lipinski definition) is 2. The third-order valence-electron chi connectivity index (χ3n) is 4.02. The van der Waals surface area contributed by atoms with Crippen LogP contribution in [0.4, 0.5) is 0 Å². The molecule has 94 valence electrons. The Bertz CT molecular complexity index is 183. The number of nitrogens with one attached hydrogen (secondary N) is 1. The van der Waals surface area contributed by atoms with Gasteiger partial charge in [-0.2, -0.15) is 0 Å². The average Bonchev–Trinajstić information content (AvgIpc) is 3.10. The van der Waals surface area contributed by atoms with Gasteiger partial charge in [0.25, 0.3) is 0 Å². The summed E-state index contributed by atoms with van der Waals surface area (Å²) in [5, 5.41) is 3.59. The van der Waals surface area contributed by atoms with Crippen LogP contribution in [0.15, 0.2) is 0 Å². The minimum atomic E-state index is 0.878. The van der Waals surface area contributed by atoms with Gasteiger partial charge in [-0.3, -0.25) is 0 Å². The van der Waals surface area contributed by atoms with Gasteiger partial charge >= 0.3 is 0 Å². The molecule has 0 aromatic rings. The van der Waals surface area contributed by atoms with E-state index in [2.05, 4.69) is 17.3 Å². The van der Waals surface area contributed by atoms with Crippen LogP contribution in [0, 0.1) is 5.92 Å². The summed E-state index contributed by atoms with van der Waals surface area (Å²) < 4.78 is 0. The first-order valence-corrected chi connectivity index (χ1v) is 7.26. The molecule has 0 aromatic heterocycles. The van der Waals surface area contributed by atoms with Crippen molar-refractivity contribution in [3.8, 4) is 0 Å². The molecule has 2 aliphatic rings. The standard InChI is InChI=1S/C14H28N2/c1-16(11-5-10-15-14-8-9-14)12-13-6-3-2-4-7-13/h13-15H,2-12H2,1H3. The molecule has 0 unspecified atom stereocenters. The minimum Gasteiger partial charge on any atom is -0.314 e. The smallest absolute Gasteiger partial charge is 0.00682 e. The first kappa shape index (κ1) is 12.4. The third kappa shape index (κ3) is 4.84. The zero-order valence-corrected chi connectivity index (χ0v) is 10.9. The fourth-order valence-corrected chi connectivity index (χ4v) is 2.84. The molecule has 2 saturated carbocycles. The summed E-state index contributed by atoms with van der Waals surface area (Å²) in [6.45, 7) is 3.83. The molecule has 0 radical (unpaired) electrons. The largest absolute Gasteiger partial charge is 0.314 e. The molecule has 0 bridgehead atoms. The number of hydrogen-bond donors (Lipinski definition) is 1. The summed E-state index contributed by atoms with van der Waals surface area (Å²) in [5.74, 6) is 0.996. The van der Waals surface area contributed by atoms with Crippen molar-refractivity contribution in [3.05, 3.63) is 0 Å². The Labute approximate surface area is 101 Å². The van der Waals surface area contributed by atoms with E-state index in [9.17, 15) is 0 Å².